The minimum Gasteiger partial charge on any atom is -0.316 e. The van der Waals surface area contributed by atoms with Gasteiger partial charge in [-0.15, -0.1) is 0 Å². The fourth-order valence-electron chi connectivity index (χ4n) is 21.9. The van der Waals surface area contributed by atoms with Gasteiger partial charge in [0.25, 0.3) is 0 Å². The van der Waals surface area contributed by atoms with Crippen LogP contribution in [0.4, 0.5) is 51.2 Å². The Morgan fingerprint density at radius 2 is 0.361 bits per heavy atom. The lowest BCUT2D eigenvalue weighted by Crippen LogP contribution is -2.10. The molecule has 4 aromatic heterocycles. The monoisotopic (exact) mass is 1840 g/mol. The van der Waals surface area contributed by atoms with Crippen molar-refractivity contribution in [3.8, 4) is 162 Å². The van der Waals surface area contributed by atoms with Crippen LogP contribution in [0.1, 0.15) is 0 Å². The Hall–Kier alpha value is -19.2. The Kier molecular flexibility index (Phi) is 21.9. The van der Waals surface area contributed by atoms with E-state index in [9.17, 15) is 0 Å². The molecule has 0 bridgehead atoms. The summed E-state index contributed by atoms with van der Waals surface area (Å²) < 4.78 is 7.02. The van der Waals surface area contributed by atoms with Crippen molar-refractivity contribution in [2.45, 2.75) is 0 Å². The van der Waals surface area contributed by atoms with Gasteiger partial charge in [-0.3, -0.25) is 0 Å². The maximum absolute atomic E-state index is 4.80. The Balaban J connectivity index is 0.000000110. The van der Waals surface area contributed by atoms with E-state index in [1.165, 1.54) is 172 Å². The van der Waals surface area contributed by atoms with Crippen LogP contribution in [0.2, 0.25) is 0 Å². The third-order valence-electron chi connectivity index (χ3n) is 28.5. The molecule has 0 saturated heterocycles. The minimum atomic E-state index is 0.895. The standard InChI is InChI=1S/C50H34N2.C44H30N2.C43H29N3/c1-4-15-35(16-5-1)37-27-29-40(30-28-37)52(39-20-8-3-9-21-39)42-32-47-45-25-12-10-23-43(45)44-24-11-13-26-46(44)48-34-51(49(33-42)50(47)48)41-22-14-19-38(31-41)36-17-6-2-7-18-36;1-4-14-31(15-5-1)32-24-26-35(27-25-32)46(34-18-8-3-9-19-34)36-28-41-39-22-12-10-20-37(39)38-21-11-13-23-40(38)42-30-45(43(29-36)44(41)42)33-16-6-2-7-17-33;1-3-13-30(14-4-1)31-22-24-33(25-23-31)46(32-15-5-2-6-16-32)34-27-39-37-19-9-7-17-35(37)36-18-8-10-20-38(36)40-29-45(41(28-34)43(39)40)42-21-11-12-26-44-42/h1-34H;1-30H;1-29H. The molecule has 7 nitrogen and oxygen atoms in total. The Labute approximate surface area is 837 Å². The molecule has 28 rings (SSSR count). The van der Waals surface area contributed by atoms with Crippen LogP contribution in [0, 0.1) is 0 Å². The highest BCUT2D eigenvalue weighted by molar-refractivity contribution is 6.19. The largest absolute Gasteiger partial charge is 0.316 e. The SMILES string of the molecule is c1ccc(-c2ccc(N(c3ccccc3)c3cc4c5c(cn(-c6cccc(-c7ccccc7)c6)c5c3)-c3ccccc3-c3ccccc3-4)cc2)cc1.c1ccc(-c2ccc(N(c3ccccc3)c3cc4c5c(cn(-c6ccccc6)c5c3)-c3ccccc3-c3ccccc3-4)cc2)cc1.c1ccc(-c2ccc(N(c3ccccc3)c3cc4c5c(cn(-c6ccccn6)c5c3)-c3ccccc3-c3ccccc3-4)cc2)cc1. The molecule has 0 saturated carbocycles. The second-order valence-electron chi connectivity index (χ2n) is 36.9. The molecule has 0 aliphatic heterocycles. The molecule has 144 heavy (non-hydrogen) atoms. The Bertz CT molecular complexity index is 8720. The molecular weight excluding hydrogens is 1740 g/mol. The molecule has 21 aromatic carbocycles. The van der Waals surface area contributed by atoms with E-state index < -0.39 is 0 Å². The zero-order valence-corrected chi connectivity index (χ0v) is 78.8. The number of para-hydroxylation sites is 4. The molecule has 0 amide bonds. The number of anilines is 9. The highest BCUT2D eigenvalue weighted by Gasteiger charge is 2.32. The zero-order chi connectivity index (χ0) is 95.3. The predicted octanol–water partition coefficient (Wildman–Crippen LogP) is 37.3. The number of hydrogen-bond donors (Lipinski definition) is 0. The van der Waals surface area contributed by atoms with Crippen LogP contribution in [-0.4, -0.2) is 18.7 Å². The number of pyridine rings is 1. The van der Waals surface area contributed by atoms with Crippen molar-refractivity contribution in [1.29, 1.82) is 0 Å². The highest BCUT2D eigenvalue weighted by Crippen LogP contribution is 2.57. The molecule has 0 fully saturated rings. The lowest BCUT2D eigenvalue weighted by Gasteiger charge is -2.27. The number of rotatable bonds is 16. The summed E-state index contributed by atoms with van der Waals surface area (Å²) in [7, 11) is 0. The van der Waals surface area contributed by atoms with E-state index in [2.05, 4.69) is 581 Å². The summed E-state index contributed by atoms with van der Waals surface area (Å²) in [6.45, 7) is 0. The summed E-state index contributed by atoms with van der Waals surface area (Å²) >= 11 is 0. The lowest BCUT2D eigenvalue weighted by molar-refractivity contribution is 1.04. The van der Waals surface area contributed by atoms with Gasteiger partial charge in [-0.2, -0.15) is 0 Å². The van der Waals surface area contributed by atoms with Crippen molar-refractivity contribution in [2.24, 2.45) is 0 Å². The Morgan fingerprint density at radius 3 is 0.667 bits per heavy atom. The van der Waals surface area contributed by atoms with Gasteiger partial charge in [0.15, 0.2) is 0 Å². The molecule has 676 valence electrons. The third-order valence-corrected chi connectivity index (χ3v) is 28.5. The van der Waals surface area contributed by atoms with E-state index in [1.807, 2.05) is 12.3 Å². The van der Waals surface area contributed by atoms with Crippen LogP contribution in [0.25, 0.3) is 195 Å². The topological polar surface area (TPSA) is 37.4 Å². The molecule has 25 aromatic rings. The summed E-state index contributed by atoms with van der Waals surface area (Å²) in [6, 6.07) is 194. The van der Waals surface area contributed by atoms with E-state index >= 15 is 0 Å². The van der Waals surface area contributed by atoms with Crippen molar-refractivity contribution in [3.05, 3.63) is 565 Å². The molecule has 4 heterocycles. The third kappa shape index (κ3) is 15.5. The fourth-order valence-corrected chi connectivity index (χ4v) is 21.9. The summed E-state index contributed by atoms with van der Waals surface area (Å²) in [4.78, 5) is 11.9. The summed E-state index contributed by atoms with van der Waals surface area (Å²) in [5.74, 6) is 0.895. The summed E-state index contributed by atoms with van der Waals surface area (Å²) in [6.07, 6.45) is 8.82. The van der Waals surface area contributed by atoms with Crippen molar-refractivity contribution < 1.29 is 0 Å². The van der Waals surface area contributed by atoms with E-state index in [-0.39, 0.29) is 0 Å². The number of aromatic nitrogens is 4. The molecule has 0 N–H and O–H groups in total. The van der Waals surface area contributed by atoms with Gasteiger partial charge in [-0.1, -0.05) is 394 Å². The van der Waals surface area contributed by atoms with Gasteiger partial charge < -0.3 is 28.4 Å². The summed E-state index contributed by atoms with van der Waals surface area (Å²) in [5.41, 5.74) is 47.7. The second kappa shape index (κ2) is 36.9. The number of benzene rings is 21. The van der Waals surface area contributed by atoms with Gasteiger partial charge in [-0.05, 0) is 274 Å². The zero-order valence-electron chi connectivity index (χ0n) is 78.8. The second-order valence-corrected chi connectivity index (χ2v) is 36.9. The fraction of sp³-hybridized carbons (Fsp3) is 0. The Morgan fingerprint density at radius 1 is 0.139 bits per heavy atom. The van der Waals surface area contributed by atoms with Crippen molar-refractivity contribution in [1.82, 2.24) is 18.7 Å². The van der Waals surface area contributed by atoms with Crippen molar-refractivity contribution in [3.63, 3.8) is 0 Å². The first-order valence-corrected chi connectivity index (χ1v) is 49.3. The number of hydrogen-bond acceptors (Lipinski definition) is 4. The molecule has 0 atom stereocenters. The number of nitrogens with zero attached hydrogens (tertiary/aromatic N) is 7. The van der Waals surface area contributed by atoms with Crippen LogP contribution in [-0.2, 0) is 0 Å². The number of fused-ring (bicyclic) bond motifs is 15. The van der Waals surface area contributed by atoms with Gasteiger partial charge in [0, 0.05) is 120 Å². The maximum atomic E-state index is 4.80. The predicted molar refractivity (Wildman–Crippen MR) is 603 cm³/mol. The van der Waals surface area contributed by atoms with Crippen LogP contribution >= 0.6 is 0 Å². The average Bonchev–Trinajstić information content (AvgIpc) is 1.57. The average molecular weight is 1840 g/mol. The molecule has 7 heteroatoms. The van der Waals surface area contributed by atoms with Gasteiger partial charge in [0.2, 0.25) is 0 Å². The lowest BCUT2D eigenvalue weighted by atomic mass is 9.93. The van der Waals surface area contributed by atoms with Gasteiger partial charge >= 0.3 is 0 Å². The van der Waals surface area contributed by atoms with Crippen molar-refractivity contribution >= 4 is 83.9 Å². The van der Waals surface area contributed by atoms with E-state index in [4.69, 9.17) is 4.98 Å². The van der Waals surface area contributed by atoms with Crippen LogP contribution < -0.4 is 14.7 Å². The molecule has 0 spiro atoms. The quantitative estimate of drug-likeness (QED) is 0.0966. The van der Waals surface area contributed by atoms with Gasteiger partial charge in [0.05, 0.1) is 16.6 Å². The van der Waals surface area contributed by atoms with Crippen molar-refractivity contribution in [2.75, 3.05) is 14.7 Å². The van der Waals surface area contributed by atoms with E-state index in [0.29, 0.717) is 0 Å². The van der Waals surface area contributed by atoms with Crippen LogP contribution in [0.5, 0.6) is 0 Å². The van der Waals surface area contributed by atoms with Crippen LogP contribution in [0.15, 0.2) is 565 Å². The maximum Gasteiger partial charge on any atom is 0.137 e. The molecule has 3 aliphatic rings. The molecular formula is C137H93N7. The van der Waals surface area contributed by atoms with E-state index in [1.54, 1.807) is 0 Å². The summed E-state index contributed by atoms with van der Waals surface area (Å²) in [5, 5.41) is 3.77. The minimum absolute atomic E-state index is 0.895. The smallest absolute Gasteiger partial charge is 0.137 e. The first kappa shape index (κ1) is 85.2. The first-order valence-electron chi connectivity index (χ1n) is 49.3. The van der Waals surface area contributed by atoms with Crippen LogP contribution in [0.3, 0.4) is 0 Å². The normalized spacial score (nSPS) is 11.5. The molecule has 3 aliphatic carbocycles. The first-order chi connectivity index (χ1) is 71.5. The molecule has 0 radical (unpaired) electrons. The van der Waals surface area contributed by atoms with Gasteiger partial charge in [-0.25, -0.2) is 4.98 Å². The molecule has 0 unspecified atom stereocenters. The highest BCUT2D eigenvalue weighted by atomic mass is 15.2. The van der Waals surface area contributed by atoms with E-state index in [0.717, 1.165) is 73.9 Å². The van der Waals surface area contributed by atoms with Gasteiger partial charge in [0.1, 0.15) is 5.82 Å².